The lowest BCUT2D eigenvalue weighted by molar-refractivity contribution is -0.118. The molecule has 0 aliphatic carbocycles. The van der Waals surface area contributed by atoms with Crippen LogP contribution in [0.2, 0.25) is 0 Å². The molecule has 0 bridgehead atoms. The molecular formula is C17H18N2O2. The highest BCUT2D eigenvalue weighted by Gasteiger charge is 2.23. The maximum absolute atomic E-state index is 12.3. The zero-order valence-corrected chi connectivity index (χ0v) is 11.9. The number of carbonyl (C=O) groups excluding carboxylic acids is 1. The van der Waals surface area contributed by atoms with E-state index in [1.54, 1.807) is 7.11 Å². The van der Waals surface area contributed by atoms with Crippen LogP contribution < -0.4 is 15.4 Å². The van der Waals surface area contributed by atoms with Crippen molar-refractivity contribution in [2.75, 3.05) is 12.4 Å². The molecule has 4 nitrogen and oxygen atoms in total. The van der Waals surface area contributed by atoms with Crippen LogP contribution in [-0.4, -0.2) is 19.1 Å². The summed E-state index contributed by atoms with van der Waals surface area (Å²) >= 11 is 0. The molecule has 1 aliphatic heterocycles. The summed E-state index contributed by atoms with van der Waals surface area (Å²) in [5.41, 5.74) is 3.29. The molecule has 108 valence electrons. The van der Waals surface area contributed by atoms with E-state index in [1.807, 2.05) is 36.4 Å². The zero-order valence-electron chi connectivity index (χ0n) is 11.9. The largest absolute Gasteiger partial charge is 0.497 e. The van der Waals surface area contributed by atoms with Gasteiger partial charge in [0.1, 0.15) is 5.75 Å². The Balaban J connectivity index is 1.66. The lowest BCUT2D eigenvalue weighted by Crippen LogP contribution is -2.44. The smallest absolute Gasteiger partial charge is 0.241 e. The summed E-state index contributed by atoms with van der Waals surface area (Å²) in [5.74, 6) is 0.771. The van der Waals surface area contributed by atoms with Crippen LogP contribution >= 0.6 is 0 Å². The van der Waals surface area contributed by atoms with E-state index in [4.69, 9.17) is 4.74 Å². The van der Waals surface area contributed by atoms with Gasteiger partial charge >= 0.3 is 0 Å². The van der Waals surface area contributed by atoms with Gasteiger partial charge in [0.2, 0.25) is 5.91 Å². The first-order valence-corrected chi connectivity index (χ1v) is 7.01. The maximum Gasteiger partial charge on any atom is 0.241 e. The van der Waals surface area contributed by atoms with Gasteiger partial charge in [-0.15, -0.1) is 0 Å². The number of anilines is 1. The quantitative estimate of drug-likeness (QED) is 0.908. The van der Waals surface area contributed by atoms with Gasteiger partial charge in [-0.05, 0) is 41.8 Å². The summed E-state index contributed by atoms with van der Waals surface area (Å²) in [6, 6.07) is 15.4. The van der Waals surface area contributed by atoms with Crippen molar-refractivity contribution in [3.63, 3.8) is 0 Å². The van der Waals surface area contributed by atoms with Crippen molar-refractivity contribution < 1.29 is 9.53 Å². The molecule has 1 amide bonds. The number of fused-ring (bicyclic) bond motifs is 1. The maximum atomic E-state index is 12.3. The Kier molecular flexibility index (Phi) is 3.88. The summed E-state index contributed by atoms with van der Waals surface area (Å²) in [7, 11) is 1.62. The predicted octanol–water partition coefficient (Wildman–Crippen LogP) is 2.35. The van der Waals surface area contributed by atoms with Crippen LogP contribution in [0.3, 0.4) is 0 Å². The third kappa shape index (κ3) is 3.06. The Labute approximate surface area is 124 Å². The van der Waals surface area contributed by atoms with Gasteiger partial charge < -0.3 is 15.4 Å². The Morgan fingerprint density at radius 3 is 2.57 bits per heavy atom. The molecule has 3 rings (SSSR count). The summed E-state index contributed by atoms with van der Waals surface area (Å²) in [6.07, 6.45) is 0.720. The Hall–Kier alpha value is -2.33. The molecule has 0 radical (unpaired) electrons. The first-order chi connectivity index (χ1) is 10.3. The van der Waals surface area contributed by atoms with E-state index in [-0.39, 0.29) is 11.9 Å². The number of carbonyl (C=O) groups is 1. The van der Waals surface area contributed by atoms with Gasteiger partial charge in [0.05, 0.1) is 13.2 Å². The summed E-state index contributed by atoms with van der Waals surface area (Å²) in [5, 5.41) is 6.22. The van der Waals surface area contributed by atoms with Crippen molar-refractivity contribution in [3.05, 3.63) is 59.7 Å². The van der Waals surface area contributed by atoms with Crippen molar-refractivity contribution in [2.24, 2.45) is 0 Å². The highest BCUT2D eigenvalue weighted by molar-refractivity contribution is 5.95. The molecule has 0 fully saturated rings. The molecule has 0 aromatic heterocycles. The van der Waals surface area contributed by atoms with E-state index in [0.29, 0.717) is 0 Å². The highest BCUT2D eigenvalue weighted by atomic mass is 16.5. The van der Waals surface area contributed by atoms with Crippen molar-refractivity contribution >= 4 is 11.6 Å². The van der Waals surface area contributed by atoms with Gasteiger partial charge in [0.25, 0.3) is 0 Å². The minimum absolute atomic E-state index is 0.00494. The van der Waals surface area contributed by atoms with E-state index >= 15 is 0 Å². The Morgan fingerprint density at radius 2 is 1.86 bits per heavy atom. The molecule has 0 unspecified atom stereocenters. The van der Waals surface area contributed by atoms with Gasteiger partial charge in [0, 0.05) is 12.2 Å². The number of amides is 1. The van der Waals surface area contributed by atoms with Gasteiger partial charge in [-0.25, -0.2) is 0 Å². The number of methoxy groups -OCH3 is 1. The lowest BCUT2D eigenvalue weighted by Gasteiger charge is -2.25. The number of hydrogen-bond donors (Lipinski definition) is 2. The Bertz CT molecular complexity index is 637. The first-order valence-electron chi connectivity index (χ1n) is 7.01. The standard InChI is InChI=1S/C17H18N2O2/c1-21-15-8-6-14(7-9-15)19-17(20)16-10-12-4-2-3-5-13(12)11-18-16/h2-9,16,18H,10-11H2,1H3,(H,19,20)/t16-/m1/s1. The van der Waals surface area contributed by atoms with Crippen LogP contribution in [-0.2, 0) is 17.8 Å². The summed E-state index contributed by atoms with van der Waals surface area (Å²) in [4.78, 5) is 12.3. The van der Waals surface area contributed by atoms with Gasteiger partial charge in [-0.3, -0.25) is 4.79 Å². The fraction of sp³-hybridized carbons (Fsp3) is 0.235. The van der Waals surface area contributed by atoms with Gasteiger partial charge in [-0.1, -0.05) is 24.3 Å². The molecule has 1 aliphatic rings. The average Bonchev–Trinajstić information content (AvgIpc) is 2.55. The van der Waals surface area contributed by atoms with Gasteiger partial charge in [-0.2, -0.15) is 0 Å². The number of nitrogens with one attached hydrogen (secondary N) is 2. The van der Waals surface area contributed by atoms with Crippen molar-refractivity contribution in [1.82, 2.24) is 5.32 Å². The minimum atomic E-state index is -0.193. The third-order valence-electron chi connectivity index (χ3n) is 3.76. The monoisotopic (exact) mass is 282 g/mol. The molecule has 2 aromatic rings. The second kappa shape index (κ2) is 5.97. The van der Waals surface area contributed by atoms with Crippen LogP contribution in [0.4, 0.5) is 5.69 Å². The molecule has 2 N–H and O–H groups in total. The van der Waals surface area contributed by atoms with E-state index < -0.39 is 0 Å². The van der Waals surface area contributed by atoms with E-state index in [9.17, 15) is 4.79 Å². The molecular weight excluding hydrogens is 264 g/mol. The van der Waals surface area contributed by atoms with E-state index in [1.165, 1.54) is 11.1 Å². The zero-order chi connectivity index (χ0) is 14.7. The third-order valence-corrected chi connectivity index (χ3v) is 3.76. The van der Waals surface area contributed by atoms with E-state index in [2.05, 4.69) is 22.8 Å². The number of benzene rings is 2. The van der Waals surface area contributed by atoms with Crippen molar-refractivity contribution in [3.8, 4) is 5.75 Å². The number of rotatable bonds is 3. The van der Waals surface area contributed by atoms with Crippen LogP contribution in [0.25, 0.3) is 0 Å². The molecule has 1 atom stereocenters. The topological polar surface area (TPSA) is 50.4 Å². The average molecular weight is 282 g/mol. The summed E-state index contributed by atoms with van der Waals surface area (Å²) < 4.78 is 5.10. The second-order valence-electron chi connectivity index (χ2n) is 5.12. The predicted molar refractivity (Wildman–Crippen MR) is 82.4 cm³/mol. The molecule has 4 heteroatoms. The fourth-order valence-corrected chi connectivity index (χ4v) is 2.54. The summed E-state index contributed by atoms with van der Waals surface area (Å²) in [6.45, 7) is 0.733. The normalized spacial score (nSPS) is 16.9. The minimum Gasteiger partial charge on any atom is -0.497 e. The van der Waals surface area contributed by atoms with Crippen LogP contribution in [0.1, 0.15) is 11.1 Å². The van der Waals surface area contributed by atoms with Crippen LogP contribution in [0.5, 0.6) is 5.75 Å². The molecule has 0 spiro atoms. The van der Waals surface area contributed by atoms with Crippen LogP contribution in [0.15, 0.2) is 48.5 Å². The molecule has 2 aromatic carbocycles. The van der Waals surface area contributed by atoms with Crippen LogP contribution in [0, 0.1) is 0 Å². The number of ether oxygens (including phenoxy) is 1. The SMILES string of the molecule is COc1ccc(NC(=O)[C@H]2Cc3ccccc3CN2)cc1. The molecule has 21 heavy (non-hydrogen) atoms. The second-order valence-corrected chi connectivity index (χ2v) is 5.12. The van der Waals surface area contributed by atoms with Crippen molar-refractivity contribution in [2.45, 2.75) is 19.0 Å². The molecule has 1 heterocycles. The Morgan fingerprint density at radius 1 is 1.14 bits per heavy atom. The van der Waals surface area contributed by atoms with Crippen molar-refractivity contribution in [1.29, 1.82) is 0 Å². The molecule has 0 saturated carbocycles. The number of hydrogen-bond acceptors (Lipinski definition) is 3. The lowest BCUT2D eigenvalue weighted by atomic mass is 9.95. The van der Waals surface area contributed by atoms with E-state index in [0.717, 1.165) is 24.4 Å². The molecule has 0 saturated heterocycles. The first kappa shape index (κ1) is 13.6. The van der Waals surface area contributed by atoms with Gasteiger partial charge in [0.15, 0.2) is 0 Å². The fourth-order valence-electron chi connectivity index (χ4n) is 2.54. The highest BCUT2D eigenvalue weighted by Crippen LogP contribution is 2.18.